The van der Waals surface area contributed by atoms with Crippen LogP contribution in [0.4, 0.5) is 5.69 Å². The zero-order chi connectivity index (χ0) is 28.5. The Hall–Kier alpha value is -4.22. The third-order valence-corrected chi connectivity index (χ3v) is 8.12. The van der Waals surface area contributed by atoms with E-state index in [0.717, 1.165) is 0 Å². The fraction of sp³-hybridized carbons (Fsp3) is 0.357. The summed E-state index contributed by atoms with van der Waals surface area (Å²) in [4.78, 5) is 47.3. The van der Waals surface area contributed by atoms with Gasteiger partial charge in [0.05, 0.1) is 17.3 Å². The van der Waals surface area contributed by atoms with Gasteiger partial charge in [0, 0.05) is 43.0 Å². The van der Waals surface area contributed by atoms with Crippen molar-refractivity contribution in [3.05, 3.63) is 64.3 Å². The average Bonchev–Trinajstić information content (AvgIpc) is 2.86. The van der Waals surface area contributed by atoms with Gasteiger partial charge >= 0.3 is 0 Å². The van der Waals surface area contributed by atoms with E-state index in [2.05, 4.69) is 4.98 Å². The first kappa shape index (κ1) is 26.4. The number of allylic oxidation sites excluding steroid dienone is 1. The van der Waals surface area contributed by atoms with Crippen LogP contribution in [0.25, 0.3) is 11.3 Å². The summed E-state index contributed by atoms with van der Waals surface area (Å²) >= 11 is 0. The number of amides is 1. The number of benzene rings is 1. The Labute approximate surface area is 224 Å². The summed E-state index contributed by atoms with van der Waals surface area (Å²) in [6.45, 7) is 0. The summed E-state index contributed by atoms with van der Waals surface area (Å²) in [6, 6.07) is 5.86. The minimum absolute atomic E-state index is 0.0292. The van der Waals surface area contributed by atoms with Crippen molar-refractivity contribution in [1.29, 1.82) is 0 Å². The van der Waals surface area contributed by atoms with Gasteiger partial charge in [0.2, 0.25) is 5.78 Å². The predicted octanol–water partition coefficient (Wildman–Crippen LogP) is 1.25. The molecule has 3 aliphatic carbocycles. The number of aromatic hydroxyl groups is 1. The number of likely N-dealkylation sites (N-methyl/N-ethyl adjacent to an activating group) is 1. The van der Waals surface area contributed by atoms with Crippen LogP contribution in [0.2, 0.25) is 0 Å². The molecule has 3 aliphatic rings. The van der Waals surface area contributed by atoms with Crippen molar-refractivity contribution in [2.75, 3.05) is 33.1 Å². The number of fused-ring (bicyclic) bond motifs is 3. The van der Waals surface area contributed by atoms with E-state index < -0.39 is 58.0 Å². The first-order valence-electron chi connectivity index (χ1n) is 12.4. The molecular weight excluding hydrogens is 504 g/mol. The van der Waals surface area contributed by atoms with E-state index in [1.807, 2.05) is 4.90 Å². The second kappa shape index (κ2) is 8.92. The highest BCUT2D eigenvalue weighted by Crippen LogP contribution is 2.54. The zero-order valence-electron chi connectivity index (χ0n) is 22.0. The Bertz CT molecular complexity index is 1490. The van der Waals surface area contributed by atoms with Gasteiger partial charge in [0.15, 0.2) is 11.4 Å². The maximum atomic E-state index is 14.1. The van der Waals surface area contributed by atoms with Crippen LogP contribution in [-0.2, 0) is 16.0 Å². The fourth-order valence-corrected chi connectivity index (χ4v) is 6.42. The van der Waals surface area contributed by atoms with Crippen molar-refractivity contribution in [2.24, 2.45) is 17.6 Å². The van der Waals surface area contributed by atoms with Gasteiger partial charge in [0.25, 0.3) is 5.91 Å². The van der Waals surface area contributed by atoms with Crippen LogP contribution in [0.5, 0.6) is 5.75 Å². The lowest BCUT2D eigenvalue weighted by Crippen LogP contribution is -2.63. The van der Waals surface area contributed by atoms with E-state index in [0.29, 0.717) is 22.5 Å². The third kappa shape index (κ3) is 3.57. The second-order valence-corrected chi connectivity index (χ2v) is 10.7. The highest BCUT2D eigenvalue weighted by molar-refractivity contribution is 6.25. The lowest BCUT2D eigenvalue weighted by Gasteiger charge is -2.50. The Morgan fingerprint density at radius 3 is 2.38 bits per heavy atom. The number of pyridine rings is 1. The Balaban J connectivity index is 1.76. The number of hydrogen-bond acceptors (Lipinski definition) is 10. The molecule has 0 bridgehead atoms. The first-order chi connectivity index (χ1) is 18.3. The van der Waals surface area contributed by atoms with Crippen LogP contribution in [0.15, 0.2) is 53.1 Å². The van der Waals surface area contributed by atoms with E-state index in [9.17, 15) is 34.8 Å². The van der Waals surface area contributed by atoms with E-state index >= 15 is 0 Å². The molecule has 1 heterocycles. The number of hydrogen-bond donors (Lipinski definition) is 5. The van der Waals surface area contributed by atoms with Crippen molar-refractivity contribution in [3.8, 4) is 17.0 Å². The van der Waals surface area contributed by atoms with Crippen LogP contribution >= 0.6 is 0 Å². The number of nitrogens with two attached hydrogens (primary N) is 1. The molecule has 6 N–H and O–H groups in total. The van der Waals surface area contributed by atoms with Crippen molar-refractivity contribution in [3.63, 3.8) is 0 Å². The number of primary amides is 1. The van der Waals surface area contributed by atoms with Crippen molar-refractivity contribution >= 4 is 23.2 Å². The van der Waals surface area contributed by atoms with E-state index in [1.165, 1.54) is 4.90 Å². The molecule has 5 rings (SSSR count). The number of aliphatic hydroxyl groups excluding tert-OH is 2. The minimum Gasteiger partial charge on any atom is -0.510 e. The number of anilines is 1. The summed E-state index contributed by atoms with van der Waals surface area (Å²) in [5.74, 6) is -6.80. The maximum absolute atomic E-state index is 14.1. The molecule has 0 spiro atoms. The molecular formula is C28H30N4O7. The number of aromatic nitrogens is 1. The quantitative estimate of drug-likeness (QED) is 0.359. The van der Waals surface area contributed by atoms with Crippen LogP contribution < -0.4 is 10.6 Å². The number of phenolic OH excluding ortho intramolecular Hbond substituents is 1. The number of carbonyl (C=O) groups excluding carboxylic acids is 3. The molecule has 1 amide bonds. The summed E-state index contributed by atoms with van der Waals surface area (Å²) in [5.41, 5.74) is 3.57. The van der Waals surface area contributed by atoms with E-state index in [-0.39, 0.29) is 29.7 Å². The topological polar surface area (TPSA) is 178 Å². The molecule has 4 atom stereocenters. The third-order valence-electron chi connectivity index (χ3n) is 8.12. The Kier molecular flexibility index (Phi) is 6.04. The molecule has 2 aromatic rings. The number of Topliss-reactive ketones (excluding diaryl/α,β-unsaturated/α-hetero) is 2. The average molecular weight is 535 g/mol. The molecule has 11 nitrogen and oxygen atoms in total. The normalized spacial score (nSPS) is 26.4. The molecule has 0 radical (unpaired) electrons. The van der Waals surface area contributed by atoms with Gasteiger partial charge in [-0.05, 0) is 56.6 Å². The lowest BCUT2D eigenvalue weighted by molar-refractivity contribution is -0.148. The van der Waals surface area contributed by atoms with Crippen LogP contribution in [0, 0.1) is 11.8 Å². The molecule has 0 saturated carbocycles. The SMILES string of the molecule is CN(C)c1cc(-c2ccccn2)c(O)c2c1CC1CC3C(N(C)C)C(O)=C(C(N)=O)C(=O)C3(O)C(O)=C1C2=O. The number of nitrogens with zero attached hydrogens (tertiary/aromatic N) is 3. The predicted molar refractivity (Wildman–Crippen MR) is 141 cm³/mol. The minimum atomic E-state index is -2.68. The largest absolute Gasteiger partial charge is 0.510 e. The summed E-state index contributed by atoms with van der Waals surface area (Å²) < 4.78 is 0. The van der Waals surface area contributed by atoms with Crippen molar-refractivity contribution in [2.45, 2.75) is 24.5 Å². The molecule has 204 valence electrons. The molecule has 39 heavy (non-hydrogen) atoms. The van der Waals surface area contributed by atoms with Gasteiger partial charge < -0.3 is 31.1 Å². The van der Waals surface area contributed by atoms with Gasteiger partial charge in [-0.25, -0.2) is 0 Å². The Morgan fingerprint density at radius 1 is 1.13 bits per heavy atom. The van der Waals surface area contributed by atoms with Crippen molar-refractivity contribution in [1.82, 2.24) is 9.88 Å². The van der Waals surface area contributed by atoms with Gasteiger partial charge in [-0.2, -0.15) is 0 Å². The van der Waals surface area contributed by atoms with Gasteiger partial charge in [-0.15, -0.1) is 0 Å². The monoisotopic (exact) mass is 534 g/mol. The Morgan fingerprint density at radius 2 is 1.82 bits per heavy atom. The van der Waals surface area contributed by atoms with Crippen LogP contribution in [-0.4, -0.2) is 87.6 Å². The van der Waals surface area contributed by atoms with Gasteiger partial charge in [-0.3, -0.25) is 24.3 Å². The second-order valence-electron chi connectivity index (χ2n) is 10.7. The maximum Gasteiger partial charge on any atom is 0.255 e. The standard InChI is InChI=1S/C28H30N4O7/c1-31(2)17-11-13(16-7-5-6-8-30-16)22(33)19-14(17)9-12-10-15-21(32(3)4)24(35)20(27(29)38)26(37)28(15,39)25(36)18(12)23(19)34/h5-8,11-12,15,21,33,35-36,39H,9-10H2,1-4H3,(H2,29,38). The smallest absolute Gasteiger partial charge is 0.255 e. The molecule has 0 aliphatic heterocycles. The van der Waals surface area contributed by atoms with E-state index in [1.54, 1.807) is 58.7 Å². The highest BCUT2D eigenvalue weighted by atomic mass is 16.3. The summed E-state index contributed by atoms with van der Waals surface area (Å²) in [6.07, 6.45) is 1.79. The lowest BCUT2D eigenvalue weighted by atomic mass is 9.58. The number of ketones is 2. The molecule has 0 saturated heterocycles. The first-order valence-corrected chi connectivity index (χ1v) is 12.4. The molecule has 0 fully saturated rings. The molecule has 1 aromatic carbocycles. The van der Waals surface area contributed by atoms with Gasteiger partial charge in [-0.1, -0.05) is 6.07 Å². The molecule has 11 heteroatoms. The molecule has 4 unspecified atom stereocenters. The molecule has 1 aromatic heterocycles. The van der Waals surface area contributed by atoms with Gasteiger partial charge in [0.1, 0.15) is 22.8 Å². The van der Waals surface area contributed by atoms with E-state index in [4.69, 9.17) is 5.73 Å². The number of phenols is 1. The number of rotatable bonds is 4. The fourth-order valence-electron chi connectivity index (χ4n) is 6.42. The van der Waals surface area contributed by atoms with Crippen LogP contribution in [0.1, 0.15) is 22.3 Å². The van der Waals surface area contributed by atoms with Crippen LogP contribution in [0.3, 0.4) is 0 Å². The number of carbonyl (C=O) groups is 3. The number of aliphatic hydroxyl groups is 3. The van der Waals surface area contributed by atoms with Crippen molar-refractivity contribution < 1.29 is 34.8 Å². The summed E-state index contributed by atoms with van der Waals surface area (Å²) in [7, 11) is 6.79. The summed E-state index contributed by atoms with van der Waals surface area (Å²) in [5, 5.41) is 45.4. The zero-order valence-corrected chi connectivity index (χ0v) is 22.0. The highest BCUT2D eigenvalue weighted by Gasteiger charge is 2.63.